The Balaban J connectivity index is 1.47. The minimum absolute atomic E-state index is 0.116. The lowest BCUT2D eigenvalue weighted by Crippen LogP contribution is -2.38. The predicted octanol–water partition coefficient (Wildman–Crippen LogP) is 3.99. The van der Waals surface area contributed by atoms with Crippen LogP contribution < -0.4 is 15.4 Å². The van der Waals surface area contributed by atoms with Crippen LogP contribution in [0.5, 0.6) is 5.75 Å². The molecular weight excluding hydrogens is 421 g/mol. The molecule has 3 aromatic carbocycles. The molecule has 0 aliphatic rings. The number of hydrogen-bond acceptors (Lipinski definition) is 3. The standard InChI is InChI=1S/C26H24FN3O3/c1-33-20-11-9-17(10-12-20)22(23-15-28-24-8-3-2-7-21(23)24)14-29-25(31)16-30-26(32)18-5-4-6-19(27)13-18/h2-13,15,22,28H,14,16H2,1H3,(H,29,31)(H,30,32). The van der Waals surface area contributed by atoms with Gasteiger partial charge in [-0.15, -0.1) is 0 Å². The molecule has 1 heterocycles. The second-order valence-electron chi connectivity index (χ2n) is 7.61. The molecule has 4 aromatic rings. The van der Waals surface area contributed by atoms with Crippen LogP contribution in [0.15, 0.2) is 79.0 Å². The van der Waals surface area contributed by atoms with E-state index in [1.54, 1.807) is 7.11 Å². The molecule has 33 heavy (non-hydrogen) atoms. The fourth-order valence-corrected chi connectivity index (χ4v) is 3.80. The average Bonchev–Trinajstić information content (AvgIpc) is 3.27. The number of nitrogens with one attached hydrogen (secondary N) is 3. The van der Waals surface area contributed by atoms with Crippen molar-refractivity contribution in [1.82, 2.24) is 15.6 Å². The highest BCUT2D eigenvalue weighted by molar-refractivity contribution is 5.96. The van der Waals surface area contributed by atoms with Gasteiger partial charge in [-0.2, -0.15) is 0 Å². The molecule has 0 bridgehead atoms. The van der Waals surface area contributed by atoms with Crippen LogP contribution >= 0.6 is 0 Å². The average molecular weight is 445 g/mol. The van der Waals surface area contributed by atoms with Gasteiger partial charge >= 0.3 is 0 Å². The maximum absolute atomic E-state index is 13.3. The molecule has 6 nitrogen and oxygen atoms in total. The molecule has 7 heteroatoms. The molecule has 4 rings (SSSR count). The van der Waals surface area contributed by atoms with Gasteiger partial charge in [0.1, 0.15) is 11.6 Å². The van der Waals surface area contributed by atoms with Crippen LogP contribution in [0.25, 0.3) is 10.9 Å². The summed E-state index contributed by atoms with van der Waals surface area (Å²) < 4.78 is 18.6. The molecule has 0 aliphatic heterocycles. The number of methoxy groups -OCH3 is 1. The maximum atomic E-state index is 13.3. The number of aromatic nitrogens is 1. The largest absolute Gasteiger partial charge is 0.497 e. The first-order valence-corrected chi connectivity index (χ1v) is 10.6. The van der Waals surface area contributed by atoms with Gasteiger partial charge in [-0.3, -0.25) is 9.59 Å². The molecule has 3 N–H and O–H groups in total. The van der Waals surface area contributed by atoms with Crippen molar-refractivity contribution in [2.24, 2.45) is 0 Å². The third-order valence-electron chi connectivity index (χ3n) is 5.51. The number of carbonyl (C=O) groups excluding carboxylic acids is 2. The van der Waals surface area contributed by atoms with E-state index >= 15 is 0 Å². The van der Waals surface area contributed by atoms with Crippen LogP contribution in [0, 0.1) is 5.82 Å². The van der Waals surface area contributed by atoms with Crippen LogP contribution in [0.2, 0.25) is 0 Å². The maximum Gasteiger partial charge on any atom is 0.251 e. The molecular formula is C26H24FN3O3. The topological polar surface area (TPSA) is 83.2 Å². The highest BCUT2D eigenvalue weighted by Crippen LogP contribution is 2.31. The summed E-state index contributed by atoms with van der Waals surface area (Å²) in [5, 5.41) is 6.51. The molecule has 0 saturated carbocycles. The van der Waals surface area contributed by atoms with E-state index in [9.17, 15) is 14.0 Å². The van der Waals surface area contributed by atoms with Crippen molar-refractivity contribution in [3.05, 3.63) is 102 Å². The minimum Gasteiger partial charge on any atom is -0.497 e. The van der Waals surface area contributed by atoms with Crippen molar-refractivity contribution >= 4 is 22.7 Å². The van der Waals surface area contributed by atoms with Gasteiger partial charge in [-0.1, -0.05) is 36.4 Å². The van der Waals surface area contributed by atoms with Gasteiger partial charge < -0.3 is 20.4 Å². The Morgan fingerprint density at radius 1 is 1.00 bits per heavy atom. The summed E-state index contributed by atoms with van der Waals surface area (Å²) >= 11 is 0. The van der Waals surface area contributed by atoms with Crippen molar-refractivity contribution in [3.8, 4) is 5.75 Å². The first-order valence-electron chi connectivity index (χ1n) is 10.6. The van der Waals surface area contributed by atoms with E-state index in [0.717, 1.165) is 33.8 Å². The van der Waals surface area contributed by atoms with Gasteiger partial charge in [0.05, 0.1) is 13.7 Å². The lowest BCUT2D eigenvalue weighted by atomic mass is 9.91. The summed E-state index contributed by atoms with van der Waals surface area (Å²) in [6, 6.07) is 21.0. The SMILES string of the molecule is COc1ccc(C(CNC(=O)CNC(=O)c2cccc(F)c2)c2c[nH]c3ccccc23)cc1. The van der Waals surface area contributed by atoms with Gasteiger partial charge in [0.2, 0.25) is 5.91 Å². The number of carbonyl (C=O) groups is 2. The van der Waals surface area contributed by atoms with Gasteiger partial charge in [-0.05, 0) is 47.5 Å². The smallest absolute Gasteiger partial charge is 0.251 e. The molecule has 0 fully saturated rings. The highest BCUT2D eigenvalue weighted by Gasteiger charge is 2.19. The molecule has 0 radical (unpaired) electrons. The molecule has 0 aliphatic carbocycles. The van der Waals surface area contributed by atoms with Crippen LogP contribution in [0.4, 0.5) is 4.39 Å². The van der Waals surface area contributed by atoms with Crippen molar-refractivity contribution in [2.45, 2.75) is 5.92 Å². The summed E-state index contributed by atoms with van der Waals surface area (Å²) in [6.45, 7) is 0.126. The number of halogens is 1. The molecule has 2 amide bonds. The number of amides is 2. The van der Waals surface area contributed by atoms with Crippen molar-refractivity contribution in [2.75, 3.05) is 20.2 Å². The number of hydrogen-bond donors (Lipinski definition) is 3. The zero-order valence-corrected chi connectivity index (χ0v) is 18.1. The Kier molecular flexibility index (Phi) is 6.69. The second kappa shape index (κ2) is 9.99. The van der Waals surface area contributed by atoms with Gasteiger partial charge in [-0.25, -0.2) is 4.39 Å². The van der Waals surface area contributed by atoms with Gasteiger partial charge in [0.25, 0.3) is 5.91 Å². The summed E-state index contributed by atoms with van der Waals surface area (Å²) in [4.78, 5) is 28.0. The van der Waals surface area contributed by atoms with Crippen LogP contribution in [-0.4, -0.2) is 37.0 Å². The van der Waals surface area contributed by atoms with E-state index in [-0.39, 0.29) is 23.9 Å². The number of ether oxygens (including phenoxy) is 1. The Morgan fingerprint density at radius 2 is 1.79 bits per heavy atom. The van der Waals surface area contributed by atoms with Crippen LogP contribution in [0.3, 0.4) is 0 Å². The Bertz CT molecular complexity index is 1270. The second-order valence-corrected chi connectivity index (χ2v) is 7.61. The third kappa shape index (κ3) is 5.20. The van der Waals surface area contributed by atoms with E-state index in [1.165, 1.54) is 18.2 Å². The number of benzene rings is 3. The van der Waals surface area contributed by atoms with E-state index in [0.29, 0.717) is 6.54 Å². The number of H-pyrrole nitrogens is 1. The quantitative estimate of drug-likeness (QED) is 0.383. The number of aromatic amines is 1. The molecule has 0 saturated heterocycles. The van der Waals surface area contributed by atoms with Crippen molar-refractivity contribution in [3.63, 3.8) is 0 Å². The normalized spacial score (nSPS) is 11.7. The summed E-state index contributed by atoms with van der Waals surface area (Å²) in [6.07, 6.45) is 1.96. The van der Waals surface area contributed by atoms with Gasteiger partial charge in [0.15, 0.2) is 0 Å². The van der Waals surface area contributed by atoms with E-state index in [1.807, 2.05) is 54.7 Å². The van der Waals surface area contributed by atoms with Gasteiger partial charge in [0, 0.05) is 35.1 Å². The fourth-order valence-electron chi connectivity index (χ4n) is 3.80. The minimum atomic E-state index is -0.506. The molecule has 1 unspecified atom stereocenters. The van der Waals surface area contributed by atoms with Crippen LogP contribution in [0.1, 0.15) is 27.4 Å². The van der Waals surface area contributed by atoms with E-state index in [2.05, 4.69) is 15.6 Å². The van der Waals surface area contributed by atoms with Crippen LogP contribution in [-0.2, 0) is 4.79 Å². The number of fused-ring (bicyclic) bond motifs is 1. The first-order chi connectivity index (χ1) is 16.0. The molecule has 0 spiro atoms. The monoisotopic (exact) mass is 445 g/mol. The Hall–Kier alpha value is -4.13. The van der Waals surface area contributed by atoms with Crippen molar-refractivity contribution in [1.29, 1.82) is 0 Å². The first kappa shape index (κ1) is 22.1. The zero-order chi connectivity index (χ0) is 23.2. The fraction of sp³-hybridized carbons (Fsp3) is 0.154. The zero-order valence-electron chi connectivity index (χ0n) is 18.1. The Morgan fingerprint density at radius 3 is 2.55 bits per heavy atom. The molecule has 1 aromatic heterocycles. The summed E-state index contributed by atoms with van der Waals surface area (Å²) in [7, 11) is 1.62. The molecule has 168 valence electrons. The number of rotatable bonds is 8. The third-order valence-corrected chi connectivity index (χ3v) is 5.51. The predicted molar refractivity (Wildman–Crippen MR) is 125 cm³/mol. The van der Waals surface area contributed by atoms with E-state index < -0.39 is 11.7 Å². The Labute approximate surface area is 190 Å². The highest BCUT2D eigenvalue weighted by atomic mass is 19.1. The summed E-state index contributed by atoms with van der Waals surface area (Å²) in [5.74, 6) is -0.713. The summed E-state index contributed by atoms with van der Waals surface area (Å²) in [5.41, 5.74) is 3.25. The lowest BCUT2D eigenvalue weighted by Gasteiger charge is -2.19. The number of para-hydroxylation sites is 1. The molecule has 1 atom stereocenters. The lowest BCUT2D eigenvalue weighted by molar-refractivity contribution is -0.120. The van der Waals surface area contributed by atoms with E-state index in [4.69, 9.17) is 4.74 Å². The van der Waals surface area contributed by atoms with Crippen molar-refractivity contribution < 1.29 is 18.7 Å².